The number of carbonyl (C=O) groups excluding carboxylic acids is 1. The highest BCUT2D eigenvalue weighted by molar-refractivity contribution is 6.30. The van der Waals surface area contributed by atoms with Gasteiger partial charge in [-0.15, -0.1) is 0 Å². The fourth-order valence-electron chi connectivity index (χ4n) is 1.35. The molecular formula is C12H15ClN2O4. The van der Waals surface area contributed by atoms with Crippen LogP contribution in [-0.2, 0) is 9.53 Å². The van der Waals surface area contributed by atoms with E-state index in [4.69, 9.17) is 21.4 Å². The van der Waals surface area contributed by atoms with Crippen LogP contribution < -0.4 is 10.6 Å². The third kappa shape index (κ3) is 5.58. The third-order valence-electron chi connectivity index (χ3n) is 2.32. The van der Waals surface area contributed by atoms with Crippen molar-refractivity contribution in [2.45, 2.75) is 12.5 Å². The van der Waals surface area contributed by atoms with Crippen molar-refractivity contribution in [2.24, 2.45) is 0 Å². The van der Waals surface area contributed by atoms with Crippen LogP contribution >= 0.6 is 11.6 Å². The number of carboxylic acid groups (broad SMARTS) is 1. The first-order chi connectivity index (χ1) is 9.02. The summed E-state index contributed by atoms with van der Waals surface area (Å²) in [6.45, 7) is 0.248. The smallest absolute Gasteiger partial charge is 0.326 e. The molecule has 104 valence electrons. The van der Waals surface area contributed by atoms with E-state index in [-0.39, 0.29) is 13.0 Å². The van der Waals surface area contributed by atoms with Crippen LogP contribution in [0.25, 0.3) is 0 Å². The molecule has 0 aliphatic carbocycles. The fraction of sp³-hybridized carbons (Fsp3) is 0.333. The highest BCUT2D eigenvalue weighted by atomic mass is 35.5. The van der Waals surface area contributed by atoms with E-state index in [0.29, 0.717) is 10.7 Å². The minimum Gasteiger partial charge on any atom is -0.480 e. The first-order valence-electron chi connectivity index (χ1n) is 5.57. The van der Waals surface area contributed by atoms with Crippen molar-refractivity contribution in [1.29, 1.82) is 0 Å². The van der Waals surface area contributed by atoms with Gasteiger partial charge in [0.15, 0.2) is 0 Å². The van der Waals surface area contributed by atoms with E-state index in [1.54, 1.807) is 24.3 Å². The average Bonchev–Trinajstić information content (AvgIpc) is 2.37. The number of hydrogen-bond donors (Lipinski definition) is 3. The summed E-state index contributed by atoms with van der Waals surface area (Å²) in [5, 5.41) is 14.4. The number of ether oxygens (including phenoxy) is 1. The van der Waals surface area contributed by atoms with E-state index < -0.39 is 18.0 Å². The van der Waals surface area contributed by atoms with Crippen LogP contribution in [-0.4, -0.2) is 36.9 Å². The lowest BCUT2D eigenvalue weighted by Crippen LogP contribution is -2.43. The molecule has 0 spiro atoms. The maximum atomic E-state index is 11.6. The molecule has 1 unspecified atom stereocenters. The van der Waals surface area contributed by atoms with Crippen LogP contribution in [0.5, 0.6) is 0 Å². The van der Waals surface area contributed by atoms with Gasteiger partial charge in [-0.25, -0.2) is 9.59 Å². The summed E-state index contributed by atoms with van der Waals surface area (Å²) >= 11 is 5.71. The molecule has 0 aromatic heterocycles. The molecule has 1 aromatic carbocycles. The summed E-state index contributed by atoms with van der Waals surface area (Å²) < 4.78 is 4.79. The first kappa shape index (κ1) is 15.3. The molecule has 3 N–H and O–H groups in total. The molecule has 0 aliphatic heterocycles. The van der Waals surface area contributed by atoms with Gasteiger partial charge in [0.1, 0.15) is 6.04 Å². The standard InChI is InChI=1S/C12H15ClN2O4/c1-19-7-6-10(11(16)17)15-12(18)14-9-4-2-8(13)3-5-9/h2-5,10H,6-7H2,1H3,(H,16,17)(H2,14,15,18). The lowest BCUT2D eigenvalue weighted by molar-refractivity contribution is -0.139. The molecule has 0 fully saturated rings. The van der Waals surface area contributed by atoms with Crippen molar-refractivity contribution in [1.82, 2.24) is 5.32 Å². The molecule has 2 amide bonds. The van der Waals surface area contributed by atoms with E-state index in [9.17, 15) is 9.59 Å². The van der Waals surface area contributed by atoms with Gasteiger partial charge in [-0.1, -0.05) is 11.6 Å². The molecule has 1 atom stereocenters. The van der Waals surface area contributed by atoms with Crippen LogP contribution in [0.4, 0.5) is 10.5 Å². The predicted molar refractivity (Wildman–Crippen MR) is 71.5 cm³/mol. The Morgan fingerprint density at radius 1 is 1.37 bits per heavy atom. The van der Waals surface area contributed by atoms with E-state index in [1.165, 1.54) is 7.11 Å². The molecule has 0 bridgehead atoms. The number of carboxylic acids is 1. The average molecular weight is 287 g/mol. The lowest BCUT2D eigenvalue weighted by atomic mass is 10.2. The highest BCUT2D eigenvalue weighted by Crippen LogP contribution is 2.13. The quantitative estimate of drug-likeness (QED) is 0.746. The van der Waals surface area contributed by atoms with Gasteiger partial charge in [-0.05, 0) is 24.3 Å². The molecule has 1 rings (SSSR count). The number of methoxy groups -OCH3 is 1. The minimum absolute atomic E-state index is 0.194. The number of aliphatic carboxylic acids is 1. The van der Waals surface area contributed by atoms with E-state index in [1.807, 2.05) is 0 Å². The fourth-order valence-corrected chi connectivity index (χ4v) is 1.48. The predicted octanol–water partition coefficient (Wildman–Crippen LogP) is 1.95. The molecule has 0 heterocycles. The second-order valence-corrected chi connectivity index (χ2v) is 4.21. The van der Waals surface area contributed by atoms with Crippen LogP contribution in [0.15, 0.2) is 24.3 Å². The normalized spacial score (nSPS) is 11.7. The summed E-state index contributed by atoms with van der Waals surface area (Å²) in [7, 11) is 1.46. The van der Waals surface area contributed by atoms with Crippen LogP contribution in [0, 0.1) is 0 Å². The number of amides is 2. The highest BCUT2D eigenvalue weighted by Gasteiger charge is 2.19. The van der Waals surface area contributed by atoms with Gasteiger partial charge in [0.25, 0.3) is 0 Å². The molecule has 7 heteroatoms. The molecule has 0 radical (unpaired) electrons. The van der Waals surface area contributed by atoms with Gasteiger partial charge in [-0.2, -0.15) is 0 Å². The summed E-state index contributed by atoms with van der Waals surface area (Å²) in [4.78, 5) is 22.5. The Morgan fingerprint density at radius 2 is 2.00 bits per heavy atom. The largest absolute Gasteiger partial charge is 0.480 e. The zero-order chi connectivity index (χ0) is 14.3. The summed E-state index contributed by atoms with van der Waals surface area (Å²) in [5.41, 5.74) is 0.526. The Hall–Kier alpha value is -1.79. The molecular weight excluding hydrogens is 272 g/mol. The topological polar surface area (TPSA) is 87.7 Å². The van der Waals surface area contributed by atoms with Crippen molar-refractivity contribution in [3.8, 4) is 0 Å². The maximum absolute atomic E-state index is 11.6. The number of rotatable bonds is 6. The van der Waals surface area contributed by atoms with Crippen molar-refractivity contribution >= 4 is 29.3 Å². The SMILES string of the molecule is COCCC(NC(=O)Nc1ccc(Cl)cc1)C(=O)O. The van der Waals surface area contributed by atoms with E-state index >= 15 is 0 Å². The minimum atomic E-state index is -1.11. The van der Waals surface area contributed by atoms with Gasteiger partial charge in [0.05, 0.1) is 0 Å². The van der Waals surface area contributed by atoms with Crippen LogP contribution in [0.1, 0.15) is 6.42 Å². The molecule has 0 aliphatic rings. The number of carbonyl (C=O) groups is 2. The Morgan fingerprint density at radius 3 is 2.53 bits per heavy atom. The summed E-state index contributed by atoms with van der Waals surface area (Å²) in [5.74, 6) is -1.11. The van der Waals surface area contributed by atoms with E-state index in [2.05, 4.69) is 10.6 Å². The molecule has 6 nitrogen and oxygen atoms in total. The van der Waals surface area contributed by atoms with Crippen LogP contribution in [0.3, 0.4) is 0 Å². The second kappa shape index (κ2) is 7.60. The summed E-state index contributed by atoms with van der Waals surface area (Å²) in [6.07, 6.45) is 0.194. The van der Waals surface area contributed by atoms with Crippen molar-refractivity contribution in [3.63, 3.8) is 0 Å². The van der Waals surface area contributed by atoms with Gasteiger partial charge in [0, 0.05) is 30.8 Å². The first-order valence-corrected chi connectivity index (χ1v) is 5.95. The Bertz CT molecular complexity index is 436. The molecule has 1 aromatic rings. The molecule has 0 saturated carbocycles. The van der Waals surface area contributed by atoms with Gasteiger partial charge in [0.2, 0.25) is 0 Å². The zero-order valence-electron chi connectivity index (χ0n) is 10.4. The van der Waals surface area contributed by atoms with E-state index in [0.717, 1.165) is 0 Å². The van der Waals surface area contributed by atoms with Gasteiger partial charge in [-0.3, -0.25) is 0 Å². The lowest BCUT2D eigenvalue weighted by Gasteiger charge is -2.14. The third-order valence-corrected chi connectivity index (χ3v) is 2.57. The number of halogens is 1. The second-order valence-electron chi connectivity index (χ2n) is 3.78. The van der Waals surface area contributed by atoms with Crippen molar-refractivity contribution < 1.29 is 19.4 Å². The number of anilines is 1. The summed E-state index contributed by atoms with van der Waals surface area (Å²) in [6, 6.07) is 4.89. The van der Waals surface area contributed by atoms with Crippen LogP contribution in [0.2, 0.25) is 5.02 Å². The molecule has 19 heavy (non-hydrogen) atoms. The number of benzene rings is 1. The zero-order valence-corrected chi connectivity index (χ0v) is 11.1. The Kier molecular flexibility index (Phi) is 6.11. The van der Waals surface area contributed by atoms with Crippen molar-refractivity contribution in [3.05, 3.63) is 29.3 Å². The number of nitrogens with one attached hydrogen (secondary N) is 2. The van der Waals surface area contributed by atoms with Crippen molar-refractivity contribution in [2.75, 3.05) is 19.0 Å². The van der Waals surface area contributed by atoms with Gasteiger partial charge < -0.3 is 20.5 Å². The van der Waals surface area contributed by atoms with Gasteiger partial charge >= 0.3 is 12.0 Å². The number of hydrogen-bond acceptors (Lipinski definition) is 3. The Labute approximate surface area is 115 Å². The number of urea groups is 1. The Balaban J connectivity index is 2.52. The monoisotopic (exact) mass is 286 g/mol. The molecule has 0 saturated heterocycles. The maximum Gasteiger partial charge on any atom is 0.326 e.